The molecule has 1 saturated heterocycles. The van der Waals surface area contributed by atoms with Gasteiger partial charge in [0.15, 0.2) is 5.75 Å². The number of ether oxygens (including phenoxy) is 1. The second-order valence-corrected chi connectivity index (χ2v) is 12.0. The minimum Gasteiger partial charge on any atom is -0.486 e. The van der Waals surface area contributed by atoms with E-state index >= 15 is 0 Å². The first kappa shape index (κ1) is 27.0. The van der Waals surface area contributed by atoms with Gasteiger partial charge in [0.1, 0.15) is 13.2 Å². The first-order valence-corrected chi connectivity index (χ1v) is 14.5. The van der Waals surface area contributed by atoms with E-state index in [1.54, 1.807) is 23.1 Å². The molecule has 6 nitrogen and oxygen atoms in total. The number of amides is 3. The molecule has 0 bridgehead atoms. The molecule has 0 N–H and O–H groups in total. The number of carbonyl (C=O) groups is 3. The number of hydrogen-bond donors (Lipinski definition) is 0. The second-order valence-electron chi connectivity index (χ2n) is 8.83. The van der Waals surface area contributed by atoms with E-state index in [4.69, 9.17) is 16.3 Å². The number of nitrogens with zero attached hydrogens (tertiary/aromatic N) is 2. The fraction of sp³-hybridized carbons (Fsp3) is 0.179. The molecule has 0 atom stereocenters. The maximum atomic E-state index is 13.0. The van der Waals surface area contributed by atoms with Crippen LogP contribution in [0.4, 0.5) is 4.79 Å². The lowest BCUT2D eigenvalue weighted by atomic mass is 10.00. The van der Waals surface area contributed by atoms with E-state index in [1.807, 2.05) is 42.5 Å². The van der Waals surface area contributed by atoms with Crippen molar-refractivity contribution < 1.29 is 19.1 Å². The van der Waals surface area contributed by atoms with Gasteiger partial charge in [0.2, 0.25) is 5.91 Å². The van der Waals surface area contributed by atoms with E-state index in [1.165, 1.54) is 5.56 Å². The summed E-state index contributed by atoms with van der Waals surface area (Å²) in [6, 6.07) is 19.2. The summed E-state index contributed by atoms with van der Waals surface area (Å²) in [4.78, 5) is 41.5. The highest BCUT2D eigenvalue weighted by Crippen LogP contribution is 2.38. The van der Waals surface area contributed by atoms with Gasteiger partial charge < -0.3 is 9.64 Å². The van der Waals surface area contributed by atoms with Crippen molar-refractivity contribution in [1.29, 1.82) is 0 Å². The number of rotatable bonds is 6. The summed E-state index contributed by atoms with van der Waals surface area (Å²) in [6.07, 6.45) is 2.35. The SMILES string of the molecule is O=C(CN1C(=O)S/C(=C\c2cc(Cl)c(OCc3ccc(Br)cc3)c(Br)c2)C1=O)N1CCc2ccccc2C1. The molecule has 0 spiro atoms. The van der Waals surface area contributed by atoms with Gasteiger partial charge in [-0.15, -0.1) is 0 Å². The van der Waals surface area contributed by atoms with Gasteiger partial charge in [-0.05, 0) is 86.7 Å². The maximum absolute atomic E-state index is 13.0. The highest BCUT2D eigenvalue weighted by Gasteiger charge is 2.37. The van der Waals surface area contributed by atoms with Crippen LogP contribution in [-0.4, -0.2) is 39.9 Å². The molecular weight excluding hydrogens is 656 g/mol. The lowest BCUT2D eigenvalue weighted by molar-refractivity contribution is -0.136. The summed E-state index contributed by atoms with van der Waals surface area (Å²) in [5.74, 6) is -0.261. The topological polar surface area (TPSA) is 66.9 Å². The molecule has 2 heterocycles. The molecule has 2 aliphatic heterocycles. The van der Waals surface area contributed by atoms with Crippen LogP contribution >= 0.6 is 55.2 Å². The molecule has 3 aromatic rings. The summed E-state index contributed by atoms with van der Waals surface area (Å²) in [5, 5.41) is -0.103. The first-order chi connectivity index (χ1) is 18.3. The van der Waals surface area contributed by atoms with Gasteiger partial charge in [-0.2, -0.15) is 0 Å². The zero-order valence-corrected chi connectivity index (χ0v) is 24.7. The van der Waals surface area contributed by atoms with Crippen LogP contribution in [0, 0.1) is 0 Å². The third kappa shape index (κ3) is 6.01. The van der Waals surface area contributed by atoms with Crippen molar-refractivity contribution in [3.05, 3.63) is 102 Å². The Morgan fingerprint density at radius 1 is 1.05 bits per heavy atom. The highest BCUT2D eigenvalue weighted by molar-refractivity contribution is 9.10. The molecule has 0 aliphatic carbocycles. The number of carbonyl (C=O) groups excluding carboxylic acids is 3. The Balaban J connectivity index is 1.25. The van der Waals surface area contributed by atoms with E-state index in [0.29, 0.717) is 40.5 Å². The molecule has 0 radical (unpaired) electrons. The Hall–Kier alpha value is -2.59. The van der Waals surface area contributed by atoms with Crippen molar-refractivity contribution in [2.24, 2.45) is 0 Å². The van der Waals surface area contributed by atoms with Gasteiger partial charge in [-0.25, -0.2) is 0 Å². The van der Waals surface area contributed by atoms with Gasteiger partial charge >= 0.3 is 0 Å². The van der Waals surface area contributed by atoms with E-state index in [9.17, 15) is 14.4 Å². The quantitative estimate of drug-likeness (QED) is 0.262. The maximum Gasteiger partial charge on any atom is 0.294 e. The minimum atomic E-state index is -0.492. The fourth-order valence-corrected chi connectivity index (χ4v) is 6.36. The summed E-state index contributed by atoms with van der Waals surface area (Å²) >= 11 is 14.2. The Morgan fingerprint density at radius 3 is 2.53 bits per heavy atom. The zero-order chi connectivity index (χ0) is 26.8. The summed E-state index contributed by atoms with van der Waals surface area (Å²) < 4.78 is 7.51. The average Bonchev–Trinajstić information content (AvgIpc) is 3.16. The molecule has 0 aromatic heterocycles. The highest BCUT2D eigenvalue weighted by atomic mass is 79.9. The molecule has 5 rings (SSSR count). The predicted molar refractivity (Wildman–Crippen MR) is 156 cm³/mol. The second kappa shape index (κ2) is 11.7. The predicted octanol–water partition coefficient (Wildman–Crippen LogP) is 7.07. The molecule has 194 valence electrons. The van der Waals surface area contributed by atoms with E-state index in [-0.39, 0.29) is 17.4 Å². The lowest BCUT2D eigenvalue weighted by Crippen LogP contribution is -2.44. The normalized spacial score (nSPS) is 16.2. The molecule has 38 heavy (non-hydrogen) atoms. The molecule has 3 aromatic carbocycles. The molecule has 0 saturated carbocycles. The number of imide groups is 1. The van der Waals surface area contributed by atoms with Gasteiger partial charge in [-0.3, -0.25) is 19.3 Å². The zero-order valence-electron chi connectivity index (χ0n) is 20.0. The van der Waals surface area contributed by atoms with Crippen LogP contribution in [0.25, 0.3) is 6.08 Å². The van der Waals surface area contributed by atoms with Crippen LogP contribution < -0.4 is 4.74 Å². The van der Waals surface area contributed by atoms with Gasteiger partial charge in [0.25, 0.3) is 11.1 Å². The van der Waals surface area contributed by atoms with Crippen molar-refractivity contribution in [1.82, 2.24) is 9.80 Å². The fourth-order valence-electron chi connectivity index (χ4n) is 4.27. The van der Waals surface area contributed by atoms with Gasteiger partial charge in [0, 0.05) is 17.6 Å². The van der Waals surface area contributed by atoms with E-state index in [2.05, 4.69) is 37.9 Å². The van der Waals surface area contributed by atoms with Crippen molar-refractivity contribution in [3.8, 4) is 5.75 Å². The average molecular weight is 677 g/mol. The Morgan fingerprint density at radius 2 is 1.79 bits per heavy atom. The lowest BCUT2D eigenvalue weighted by Gasteiger charge is -2.29. The number of thioether (sulfide) groups is 1. The third-order valence-corrected chi connectivity index (χ3v) is 8.57. The van der Waals surface area contributed by atoms with Crippen LogP contribution in [0.3, 0.4) is 0 Å². The van der Waals surface area contributed by atoms with Crippen LogP contribution in [0.15, 0.2) is 74.5 Å². The Bertz CT molecular complexity index is 1440. The smallest absolute Gasteiger partial charge is 0.294 e. The minimum absolute atomic E-state index is 0.235. The largest absolute Gasteiger partial charge is 0.486 e. The summed E-state index contributed by atoms with van der Waals surface area (Å²) in [6.45, 7) is 1.09. The van der Waals surface area contributed by atoms with Crippen LogP contribution in [0.1, 0.15) is 22.3 Å². The Labute approximate surface area is 246 Å². The monoisotopic (exact) mass is 674 g/mol. The number of fused-ring (bicyclic) bond motifs is 1. The molecule has 10 heteroatoms. The number of halogens is 3. The van der Waals surface area contributed by atoms with E-state index < -0.39 is 11.1 Å². The molecular formula is C28H21Br2ClN2O4S. The van der Waals surface area contributed by atoms with Crippen LogP contribution in [-0.2, 0) is 29.2 Å². The molecule has 3 amide bonds. The van der Waals surface area contributed by atoms with Gasteiger partial charge in [0.05, 0.1) is 14.4 Å². The van der Waals surface area contributed by atoms with Crippen molar-refractivity contribution in [2.45, 2.75) is 19.6 Å². The molecule has 0 unspecified atom stereocenters. The van der Waals surface area contributed by atoms with Gasteiger partial charge in [-0.1, -0.05) is 63.9 Å². The first-order valence-electron chi connectivity index (χ1n) is 11.7. The number of benzene rings is 3. The third-order valence-electron chi connectivity index (χ3n) is 6.27. The molecule has 1 fully saturated rings. The van der Waals surface area contributed by atoms with Crippen LogP contribution in [0.5, 0.6) is 5.75 Å². The molecule has 2 aliphatic rings. The number of hydrogen-bond acceptors (Lipinski definition) is 5. The summed E-state index contributed by atoms with van der Waals surface area (Å²) in [5.41, 5.74) is 3.92. The van der Waals surface area contributed by atoms with Crippen molar-refractivity contribution in [3.63, 3.8) is 0 Å². The summed E-state index contributed by atoms with van der Waals surface area (Å²) in [7, 11) is 0. The van der Waals surface area contributed by atoms with E-state index in [0.717, 1.165) is 38.7 Å². The standard InChI is InChI=1S/C28H21Br2ClN2O4S/c29-21-7-5-17(6-8-21)16-37-26-22(30)11-18(12-23(26)31)13-24-27(35)33(28(36)38-24)15-25(34)32-10-9-19-3-1-2-4-20(19)14-32/h1-8,11-13H,9-10,14-16H2/b24-13-. The van der Waals surface area contributed by atoms with Crippen LogP contribution in [0.2, 0.25) is 5.02 Å². The van der Waals surface area contributed by atoms with Crippen molar-refractivity contribution in [2.75, 3.05) is 13.1 Å². The van der Waals surface area contributed by atoms with Crippen molar-refractivity contribution >= 4 is 78.4 Å². The Kier molecular flexibility index (Phi) is 8.28.